The Morgan fingerprint density at radius 3 is 2.26 bits per heavy atom. The van der Waals surface area contributed by atoms with Gasteiger partial charge < -0.3 is 15.4 Å². The van der Waals surface area contributed by atoms with Crippen molar-refractivity contribution in [2.24, 2.45) is 17.6 Å². The van der Waals surface area contributed by atoms with Gasteiger partial charge in [-0.3, -0.25) is 9.78 Å². The van der Waals surface area contributed by atoms with E-state index in [2.05, 4.69) is 43.1 Å². The molecule has 1 saturated carbocycles. The number of pyridine rings is 1. The maximum atomic E-state index is 13.6. The maximum absolute atomic E-state index is 13.6. The van der Waals surface area contributed by atoms with Gasteiger partial charge in [0, 0.05) is 42.0 Å². The predicted molar refractivity (Wildman–Crippen MR) is 143 cm³/mol. The Labute approximate surface area is 209 Å². The number of hydrogen-bond acceptors (Lipinski definition) is 4. The highest BCUT2D eigenvalue weighted by Gasteiger charge is 2.47. The van der Waals surface area contributed by atoms with Gasteiger partial charge in [0.2, 0.25) is 5.91 Å². The minimum atomic E-state index is -0.0795. The van der Waals surface area contributed by atoms with Crippen LogP contribution < -0.4 is 15.4 Å². The molecule has 0 saturated heterocycles. The van der Waals surface area contributed by atoms with Crippen molar-refractivity contribution in [3.05, 3.63) is 78.6 Å². The minimum Gasteiger partial charge on any atom is -0.491 e. The molecule has 0 spiro atoms. The van der Waals surface area contributed by atoms with Crippen LogP contribution in [0.3, 0.4) is 0 Å². The third kappa shape index (κ3) is 6.09. The summed E-state index contributed by atoms with van der Waals surface area (Å²) in [7, 11) is 0. The van der Waals surface area contributed by atoms with E-state index in [9.17, 15) is 4.79 Å². The second-order valence-electron chi connectivity index (χ2n) is 9.94. The lowest BCUT2D eigenvalue weighted by molar-refractivity contribution is -0.120. The van der Waals surface area contributed by atoms with Gasteiger partial charge in [0.1, 0.15) is 5.75 Å². The van der Waals surface area contributed by atoms with Gasteiger partial charge in [-0.15, -0.1) is 0 Å². The summed E-state index contributed by atoms with van der Waals surface area (Å²) in [6.07, 6.45) is 3.77. The van der Waals surface area contributed by atoms with Crippen LogP contribution in [0.25, 0.3) is 11.1 Å². The molecule has 4 atom stereocenters. The molecule has 0 aliphatic heterocycles. The summed E-state index contributed by atoms with van der Waals surface area (Å²) in [5.74, 6) is 1.49. The second-order valence-corrected chi connectivity index (χ2v) is 9.94. The zero-order chi connectivity index (χ0) is 24.9. The first-order valence-electron chi connectivity index (χ1n) is 12.7. The van der Waals surface area contributed by atoms with Crippen molar-refractivity contribution in [2.75, 3.05) is 11.4 Å². The molecule has 35 heavy (non-hydrogen) atoms. The van der Waals surface area contributed by atoms with Gasteiger partial charge in [-0.05, 0) is 73.7 Å². The molecule has 184 valence electrons. The van der Waals surface area contributed by atoms with Crippen LogP contribution in [0.4, 0.5) is 5.69 Å². The summed E-state index contributed by atoms with van der Waals surface area (Å²) in [5, 5.41) is 0. The van der Waals surface area contributed by atoms with E-state index in [1.54, 1.807) is 6.20 Å². The summed E-state index contributed by atoms with van der Waals surface area (Å²) in [6.45, 7) is 8.85. The van der Waals surface area contributed by atoms with Gasteiger partial charge in [-0.1, -0.05) is 50.6 Å². The molecular formula is C30H37N3O2. The number of nitrogens with zero attached hydrogens (tertiary/aromatic N) is 2. The molecule has 1 aliphatic carbocycles. The second kappa shape index (κ2) is 11.0. The number of aromatic nitrogens is 1. The Bertz CT molecular complexity index is 1100. The number of anilines is 1. The van der Waals surface area contributed by atoms with Gasteiger partial charge in [0.15, 0.2) is 0 Å². The van der Waals surface area contributed by atoms with Gasteiger partial charge in [0.05, 0.1) is 6.10 Å². The molecule has 0 bridgehead atoms. The Kier molecular flexibility index (Phi) is 7.86. The average Bonchev–Trinajstić information content (AvgIpc) is 3.68. The fourth-order valence-electron chi connectivity index (χ4n) is 4.44. The Morgan fingerprint density at radius 2 is 1.69 bits per heavy atom. The van der Waals surface area contributed by atoms with Crippen molar-refractivity contribution in [3.8, 4) is 16.9 Å². The number of nitrogens with two attached hydrogens (primary N) is 1. The lowest BCUT2D eigenvalue weighted by atomic mass is 9.99. The summed E-state index contributed by atoms with van der Waals surface area (Å²) in [5.41, 5.74) is 10.6. The van der Waals surface area contributed by atoms with E-state index in [-0.39, 0.29) is 29.9 Å². The predicted octanol–water partition coefficient (Wildman–Crippen LogP) is 6.05. The van der Waals surface area contributed by atoms with E-state index in [0.29, 0.717) is 12.5 Å². The summed E-state index contributed by atoms with van der Waals surface area (Å²) < 4.78 is 5.76. The van der Waals surface area contributed by atoms with Crippen LogP contribution in [0.15, 0.2) is 72.9 Å². The van der Waals surface area contributed by atoms with Crippen LogP contribution in [0.1, 0.15) is 52.1 Å². The van der Waals surface area contributed by atoms with Crippen molar-refractivity contribution in [3.63, 3.8) is 0 Å². The number of benzene rings is 2. The van der Waals surface area contributed by atoms with E-state index in [4.69, 9.17) is 10.5 Å². The number of amides is 1. The van der Waals surface area contributed by atoms with Crippen LogP contribution in [0.2, 0.25) is 0 Å². The molecule has 2 unspecified atom stereocenters. The summed E-state index contributed by atoms with van der Waals surface area (Å²) in [6, 6.07) is 22.2. The van der Waals surface area contributed by atoms with Gasteiger partial charge in [0.25, 0.3) is 0 Å². The summed E-state index contributed by atoms with van der Waals surface area (Å²) in [4.78, 5) is 20.0. The number of ether oxygens (including phenoxy) is 1. The molecule has 5 heteroatoms. The SMILES string of the molecule is CC[C@H](C)C(N)CN(C(=O)[C@@H]1CC1c1ccccn1)c1ccc(-c2ccc(OC(C)C)cc2)cc1. The number of hydrogen-bond donors (Lipinski definition) is 1. The van der Waals surface area contributed by atoms with E-state index < -0.39 is 0 Å². The fourth-order valence-corrected chi connectivity index (χ4v) is 4.44. The maximum Gasteiger partial charge on any atom is 0.230 e. The molecule has 1 aromatic heterocycles. The first kappa shape index (κ1) is 24.9. The van der Waals surface area contributed by atoms with E-state index in [0.717, 1.165) is 41.1 Å². The molecule has 1 aliphatic rings. The van der Waals surface area contributed by atoms with E-state index in [1.165, 1.54) is 0 Å². The third-order valence-corrected chi connectivity index (χ3v) is 6.95. The van der Waals surface area contributed by atoms with Crippen molar-refractivity contribution in [1.29, 1.82) is 0 Å². The smallest absolute Gasteiger partial charge is 0.230 e. The van der Waals surface area contributed by atoms with E-state index in [1.807, 2.05) is 61.2 Å². The minimum absolute atomic E-state index is 0.0396. The molecule has 1 heterocycles. The Morgan fingerprint density at radius 1 is 1.03 bits per heavy atom. The first-order chi connectivity index (χ1) is 16.9. The number of carbonyl (C=O) groups is 1. The third-order valence-electron chi connectivity index (χ3n) is 6.95. The van der Waals surface area contributed by atoms with Gasteiger partial charge in [-0.25, -0.2) is 0 Å². The van der Waals surface area contributed by atoms with Gasteiger partial charge >= 0.3 is 0 Å². The number of rotatable bonds is 10. The standard InChI is InChI=1S/C30H37N3O2/c1-5-21(4)28(31)19-33(30(34)27-18-26(27)29-8-6-7-17-32-29)24-13-9-22(10-14-24)23-11-15-25(16-12-23)35-20(2)3/h6-17,20-21,26-28H,5,18-19,31H2,1-4H3/t21-,26?,27+,28?/m0/s1. The normalized spacial score (nSPS) is 18.7. The van der Waals surface area contributed by atoms with Crippen LogP contribution in [-0.4, -0.2) is 29.6 Å². The number of carbonyl (C=O) groups excluding carboxylic acids is 1. The highest BCUT2D eigenvalue weighted by Crippen LogP contribution is 2.48. The summed E-state index contributed by atoms with van der Waals surface area (Å²) >= 11 is 0. The molecule has 3 aromatic rings. The van der Waals surface area contributed by atoms with Crippen LogP contribution in [-0.2, 0) is 4.79 Å². The van der Waals surface area contributed by atoms with Crippen molar-refractivity contribution in [1.82, 2.24) is 4.98 Å². The molecule has 2 aromatic carbocycles. The highest BCUT2D eigenvalue weighted by atomic mass is 16.5. The molecule has 0 radical (unpaired) electrons. The van der Waals surface area contributed by atoms with Crippen LogP contribution >= 0.6 is 0 Å². The zero-order valence-electron chi connectivity index (χ0n) is 21.2. The highest BCUT2D eigenvalue weighted by molar-refractivity contribution is 5.97. The first-order valence-corrected chi connectivity index (χ1v) is 12.7. The zero-order valence-corrected chi connectivity index (χ0v) is 21.2. The van der Waals surface area contributed by atoms with Crippen molar-refractivity contribution >= 4 is 11.6 Å². The molecule has 1 fully saturated rings. The Hall–Kier alpha value is -3.18. The molecule has 5 nitrogen and oxygen atoms in total. The van der Waals surface area contributed by atoms with Crippen molar-refractivity contribution < 1.29 is 9.53 Å². The molecule has 2 N–H and O–H groups in total. The Balaban J connectivity index is 1.53. The lowest BCUT2D eigenvalue weighted by Crippen LogP contribution is -2.45. The topological polar surface area (TPSA) is 68.5 Å². The van der Waals surface area contributed by atoms with Gasteiger partial charge in [-0.2, -0.15) is 0 Å². The van der Waals surface area contributed by atoms with E-state index >= 15 is 0 Å². The van der Waals surface area contributed by atoms with Crippen molar-refractivity contribution in [2.45, 2.75) is 58.6 Å². The quantitative estimate of drug-likeness (QED) is 0.391. The monoisotopic (exact) mass is 471 g/mol. The molecule has 1 amide bonds. The molecular weight excluding hydrogens is 434 g/mol. The van der Waals surface area contributed by atoms with Crippen LogP contribution in [0.5, 0.6) is 5.75 Å². The molecule has 4 rings (SSSR count). The average molecular weight is 472 g/mol. The largest absolute Gasteiger partial charge is 0.491 e. The van der Waals surface area contributed by atoms with Crippen LogP contribution in [0, 0.1) is 11.8 Å². The lowest BCUT2D eigenvalue weighted by Gasteiger charge is -2.29. The fraction of sp³-hybridized carbons (Fsp3) is 0.400.